The third-order valence-corrected chi connectivity index (χ3v) is 4.67. The van der Waals surface area contributed by atoms with Crippen molar-refractivity contribution in [1.82, 2.24) is 0 Å². The molecule has 1 aromatic carbocycles. The molecule has 0 aliphatic carbocycles. The Morgan fingerprint density at radius 1 is 0.889 bits per heavy atom. The molecule has 0 heterocycles. The van der Waals surface area contributed by atoms with Gasteiger partial charge < -0.3 is 5.73 Å². The Morgan fingerprint density at radius 3 is 1.61 bits per heavy atom. The number of anilines is 1. The molecule has 0 aliphatic rings. The van der Waals surface area contributed by atoms with Crippen molar-refractivity contribution >= 4 is 61.3 Å². The summed E-state index contributed by atoms with van der Waals surface area (Å²) >= 11 is 11.2. The maximum absolute atomic E-state index is 11.2. The maximum Gasteiger partial charge on any atom is 0.240 e. The molecule has 1 aromatic rings. The van der Waals surface area contributed by atoms with Crippen LogP contribution in [-0.4, -0.2) is 16.8 Å². The van der Waals surface area contributed by atoms with Crippen LogP contribution in [-0.2, 0) is 20.0 Å². The summed E-state index contributed by atoms with van der Waals surface area (Å²) in [6.07, 6.45) is 0. The van der Waals surface area contributed by atoms with Crippen LogP contribution < -0.4 is 16.0 Å². The number of benzene rings is 1. The largest absolute Gasteiger partial charge is 0.396 e. The van der Waals surface area contributed by atoms with Crippen molar-refractivity contribution < 1.29 is 16.8 Å². The van der Waals surface area contributed by atoms with Crippen LogP contribution in [0.15, 0.2) is 15.9 Å². The molecule has 0 spiro atoms. The highest BCUT2D eigenvalue weighted by atomic mass is 35.5. The Kier molecular flexibility index (Phi) is 5.28. The van der Waals surface area contributed by atoms with Gasteiger partial charge >= 0.3 is 0 Å². The molecule has 0 amide bonds. The average Bonchev–Trinajstić information content (AvgIpc) is 2.10. The number of nitrogen functional groups attached to an aromatic ring is 1. The van der Waals surface area contributed by atoms with E-state index in [4.69, 9.17) is 39.2 Å². The van der Waals surface area contributed by atoms with E-state index in [1.165, 1.54) is 0 Å². The van der Waals surface area contributed by atoms with E-state index in [-0.39, 0.29) is 12.4 Å². The lowest BCUT2D eigenvalue weighted by molar-refractivity contribution is 0.596. The predicted molar refractivity (Wildman–Crippen MR) is 70.9 cm³/mol. The highest BCUT2D eigenvalue weighted by molar-refractivity contribution is 7.90. The Balaban J connectivity index is 0.00000289. The summed E-state index contributed by atoms with van der Waals surface area (Å²) < 4.78 is 44.6. The Labute approximate surface area is 120 Å². The van der Waals surface area contributed by atoms with E-state index in [2.05, 4.69) is 0 Å². The summed E-state index contributed by atoms with van der Waals surface area (Å²) in [6.45, 7) is 0. The number of halogens is 3. The molecule has 0 bridgehead atoms. The summed E-state index contributed by atoms with van der Waals surface area (Å²) in [6, 6.07) is 0.661. The molecule has 0 saturated heterocycles. The van der Waals surface area contributed by atoms with Crippen molar-refractivity contribution in [2.75, 3.05) is 5.73 Å². The zero-order chi connectivity index (χ0) is 13.6. The fraction of sp³-hybridized carbons (Fsp3) is 0. The summed E-state index contributed by atoms with van der Waals surface area (Å²) in [4.78, 5) is -1.32. The van der Waals surface area contributed by atoms with Crippen molar-refractivity contribution in [1.29, 1.82) is 0 Å². The highest BCUT2D eigenvalue weighted by Crippen LogP contribution is 2.37. The zero-order valence-corrected chi connectivity index (χ0v) is 12.4. The minimum atomic E-state index is -4.25. The molecule has 6 N–H and O–H groups in total. The normalized spacial score (nSPS) is 12.0. The summed E-state index contributed by atoms with van der Waals surface area (Å²) in [5.41, 5.74) is 4.93. The van der Waals surface area contributed by atoms with Gasteiger partial charge in [-0.25, -0.2) is 27.1 Å². The first-order valence-corrected chi connectivity index (χ1v) is 7.64. The molecule has 18 heavy (non-hydrogen) atoms. The molecular formula is C6H8Cl3N3O4S2. The SMILES string of the molecule is Cl.Nc1c(S(N)(=O)=O)cc(S(N)(=O)=O)c(Cl)c1Cl. The number of nitrogens with two attached hydrogens (primary N) is 3. The van der Waals surface area contributed by atoms with Crippen LogP contribution >= 0.6 is 35.6 Å². The second-order valence-electron chi connectivity index (χ2n) is 3.00. The lowest BCUT2D eigenvalue weighted by atomic mass is 10.3. The maximum atomic E-state index is 11.2. The van der Waals surface area contributed by atoms with Gasteiger partial charge in [0.2, 0.25) is 20.0 Å². The lowest BCUT2D eigenvalue weighted by Gasteiger charge is -2.10. The van der Waals surface area contributed by atoms with Gasteiger partial charge in [0.15, 0.2) is 0 Å². The van der Waals surface area contributed by atoms with Gasteiger partial charge in [0.25, 0.3) is 0 Å². The van der Waals surface area contributed by atoms with Gasteiger partial charge in [-0.2, -0.15) is 0 Å². The van der Waals surface area contributed by atoms with E-state index in [1.807, 2.05) is 0 Å². The minimum Gasteiger partial charge on any atom is -0.396 e. The van der Waals surface area contributed by atoms with Gasteiger partial charge in [0.05, 0.1) is 15.7 Å². The van der Waals surface area contributed by atoms with Crippen LogP contribution in [0.4, 0.5) is 5.69 Å². The van der Waals surface area contributed by atoms with Gasteiger partial charge in [0, 0.05) is 0 Å². The van der Waals surface area contributed by atoms with E-state index in [0.29, 0.717) is 6.07 Å². The molecule has 0 aromatic heterocycles. The van der Waals surface area contributed by atoms with Gasteiger partial charge in [-0.1, -0.05) is 23.2 Å². The minimum absolute atomic E-state index is 0. The Morgan fingerprint density at radius 2 is 1.28 bits per heavy atom. The second kappa shape index (κ2) is 5.37. The van der Waals surface area contributed by atoms with Crippen LogP contribution in [0.1, 0.15) is 0 Å². The van der Waals surface area contributed by atoms with Gasteiger partial charge in [-0.3, -0.25) is 0 Å². The first-order valence-electron chi connectivity index (χ1n) is 3.79. The smallest absolute Gasteiger partial charge is 0.240 e. The van der Waals surface area contributed by atoms with E-state index in [9.17, 15) is 16.8 Å². The van der Waals surface area contributed by atoms with Crippen molar-refractivity contribution in [3.8, 4) is 0 Å². The molecule has 7 nitrogen and oxygen atoms in total. The quantitative estimate of drug-likeness (QED) is 0.652. The van der Waals surface area contributed by atoms with Gasteiger partial charge in [0.1, 0.15) is 9.79 Å². The van der Waals surface area contributed by atoms with E-state index in [1.54, 1.807) is 0 Å². The summed E-state index contributed by atoms with van der Waals surface area (Å²) in [5, 5.41) is 8.78. The Hall–Kier alpha value is -0.290. The molecule has 0 unspecified atom stereocenters. The highest BCUT2D eigenvalue weighted by Gasteiger charge is 2.24. The number of rotatable bonds is 2. The lowest BCUT2D eigenvalue weighted by Crippen LogP contribution is -2.18. The van der Waals surface area contributed by atoms with Crippen molar-refractivity contribution in [2.24, 2.45) is 10.3 Å². The molecule has 0 fully saturated rings. The monoisotopic (exact) mass is 355 g/mol. The standard InChI is InChI=1S/C6H7Cl2N3O4S2.ClH/c7-4-2(16(10,12)13)1-3(17(11,14)15)6(9)5(4)8;/h1H,9H2,(H2,10,12,13)(H2,11,14,15);1H. The van der Waals surface area contributed by atoms with Crippen LogP contribution in [0.25, 0.3) is 0 Å². The molecule has 0 aliphatic heterocycles. The van der Waals surface area contributed by atoms with Crippen molar-refractivity contribution in [3.63, 3.8) is 0 Å². The Bertz CT molecular complexity index is 630. The fourth-order valence-corrected chi connectivity index (χ4v) is 3.23. The molecule has 1 rings (SSSR count). The van der Waals surface area contributed by atoms with E-state index >= 15 is 0 Å². The third kappa shape index (κ3) is 3.38. The fourth-order valence-electron chi connectivity index (χ4n) is 1.04. The van der Waals surface area contributed by atoms with Crippen LogP contribution in [0.3, 0.4) is 0 Å². The van der Waals surface area contributed by atoms with E-state index < -0.39 is 45.6 Å². The third-order valence-electron chi connectivity index (χ3n) is 1.79. The van der Waals surface area contributed by atoms with Crippen LogP contribution in [0, 0.1) is 0 Å². The van der Waals surface area contributed by atoms with Crippen molar-refractivity contribution in [3.05, 3.63) is 16.1 Å². The molecule has 0 atom stereocenters. The first kappa shape index (κ1) is 17.7. The molecule has 104 valence electrons. The van der Waals surface area contributed by atoms with Crippen molar-refractivity contribution in [2.45, 2.75) is 9.79 Å². The number of sulfonamides is 2. The second-order valence-corrected chi connectivity index (χ2v) is 6.82. The van der Waals surface area contributed by atoms with E-state index in [0.717, 1.165) is 0 Å². The predicted octanol–water partition coefficient (Wildman–Crippen LogP) is 0.292. The van der Waals surface area contributed by atoms with Crippen LogP contribution in [0.2, 0.25) is 10.0 Å². The molecule has 0 saturated carbocycles. The van der Waals surface area contributed by atoms with Gasteiger partial charge in [-0.05, 0) is 6.07 Å². The molecular weight excluding hydrogens is 349 g/mol. The zero-order valence-electron chi connectivity index (χ0n) is 8.42. The van der Waals surface area contributed by atoms with Gasteiger partial charge in [-0.15, -0.1) is 12.4 Å². The topological polar surface area (TPSA) is 146 Å². The number of hydrogen-bond acceptors (Lipinski definition) is 5. The number of hydrogen-bond donors (Lipinski definition) is 3. The average molecular weight is 357 g/mol. The van der Waals surface area contributed by atoms with Crippen LogP contribution in [0.5, 0.6) is 0 Å². The first-order chi connectivity index (χ1) is 7.46. The number of primary sulfonamides is 2. The molecule has 12 heteroatoms. The molecule has 0 radical (unpaired) electrons. The summed E-state index contributed by atoms with van der Waals surface area (Å²) in [7, 11) is -8.49. The summed E-state index contributed by atoms with van der Waals surface area (Å²) in [5.74, 6) is 0.